The summed E-state index contributed by atoms with van der Waals surface area (Å²) < 4.78 is 2.03. The van der Waals surface area contributed by atoms with Crippen LogP contribution in [-0.4, -0.2) is 28.4 Å². The summed E-state index contributed by atoms with van der Waals surface area (Å²) in [6.45, 7) is 4.16. The van der Waals surface area contributed by atoms with Crippen LogP contribution in [0.2, 0.25) is 0 Å². The van der Waals surface area contributed by atoms with Crippen molar-refractivity contribution in [3.05, 3.63) is 54.1 Å². The lowest BCUT2D eigenvalue weighted by molar-refractivity contribution is 0.0991. The lowest BCUT2D eigenvalue weighted by atomic mass is 10.1. The van der Waals surface area contributed by atoms with Crippen molar-refractivity contribution in [1.29, 1.82) is 0 Å². The predicted octanol–water partition coefficient (Wildman–Crippen LogP) is 2.05. The number of rotatable bonds is 7. The minimum atomic E-state index is 0.141. The molecule has 0 amide bonds. The molecule has 100 valence electrons. The summed E-state index contributed by atoms with van der Waals surface area (Å²) in [5, 5.41) is 3.18. The molecule has 0 fully saturated rings. The number of nitrogens with zero attached hydrogens (tertiary/aromatic N) is 2. The third-order valence-electron chi connectivity index (χ3n) is 2.99. The fourth-order valence-electron chi connectivity index (χ4n) is 1.85. The standard InChI is InChI=1S/C15H19N3O/c1-13-3-5-14(6-4-13)15(19)11-16-7-2-9-18-10-8-17-12-18/h3-6,8,10,12,16H,2,7,9,11H2,1H3. The Labute approximate surface area is 113 Å². The van der Waals surface area contributed by atoms with E-state index in [1.165, 1.54) is 5.56 Å². The number of aryl methyl sites for hydroxylation is 2. The van der Waals surface area contributed by atoms with Crippen LogP contribution in [0.1, 0.15) is 22.3 Å². The number of nitrogens with one attached hydrogen (secondary N) is 1. The SMILES string of the molecule is Cc1ccc(C(=O)CNCCCn2ccnc2)cc1. The third kappa shape index (κ3) is 4.34. The smallest absolute Gasteiger partial charge is 0.176 e. The van der Waals surface area contributed by atoms with Crippen molar-refractivity contribution in [2.24, 2.45) is 0 Å². The summed E-state index contributed by atoms with van der Waals surface area (Å²) in [6.07, 6.45) is 6.50. The van der Waals surface area contributed by atoms with Gasteiger partial charge < -0.3 is 9.88 Å². The number of benzene rings is 1. The third-order valence-corrected chi connectivity index (χ3v) is 2.99. The van der Waals surface area contributed by atoms with Gasteiger partial charge >= 0.3 is 0 Å². The number of ketones is 1. The van der Waals surface area contributed by atoms with E-state index in [2.05, 4.69) is 10.3 Å². The monoisotopic (exact) mass is 257 g/mol. The van der Waals surface area contributed by atoms with Gasteiger partial charge in [-0.2, -0.15) is 0 Å². The maximum absolute atomic E-state index is 11.9. The van der Waals surface area contributed by atoms with Crippen LogP contribution in [0.15, 0.2) is 43.0 Å². The Morgan fingerprint density at radius 1 is 1.32 bits per heavy atom. The highest BCUT2D eigenvalue weighted by Gasteiger charge is 2.04. The molecule has 0 aliphatic heterocycles. The molecule has 1 aromatic heterocycles. The largest absolute Gasteiger partial charge is 0.337 e. The van der Waals surface area contributed by atoms with Gasteiger partial charge in [0.2, 0.25) is 0 Å². The Balaban J connectivity index is 1.65. The molecule has 2 aromatic rings. The molecule has 1 aromatic carbocycles. The molecule has 0 radical (unpaired) electrons. The Kier molecular flexibility index (Phi) is 4.86. The molecule has 2 rings (SSSR count). The van der Waals surface area contributed by atoms with Crippen LogP contribution in [0, 0.1) is 6.92 Å². The molecule has 4 heteroatoms. The first-order valence-corrected chi connectivity index (χ1v) is 6.52. The molecule has 0 bridgehead atoms. The number of imidazole rings is 1. The van der Waals surface area contributed by atoms with Gasteiger partial charge in [-0.3, -0.25) is 4.79 Å². The van der Waals surface area contributed by atoms with Crippen molar-refractivity contribution in [1.82, 2.24) is 14.9 Å². The molecule has 0 atom stereocenters. The Hall–Kier alpha value is -1.94. The minimum Gasteiger partial charge on any atom is -0.337 e. The number of aromatic nitrogens is 2. The lowest BCUT2D eigenvalue weighted by Gasteiger charge is -2.05. The molecule has 4 nitrogen and oxygen atoms in total. The van der Waals surface area contributed by atoms with Crippen LogP contribution in [-0.2, 0) is 6.54 Å². The number of hydrogen-bond donors (Lipinski definition) is 1. The number of Topliss-reactive ketones (excluding diaryl/α,β-unsaturated/α-hetero) is 1. The van der Waals surface area contributed by atoms with E-state index in [4.69, 9.17) is 0 Å². The van der Waals surface area contributed by atoms with E-state index in [0.717, 1.165) is 25.1 Å². The van der Waals surface area contributed by atoms with Crippen LogP contribution >= 0.6 is 0 Å². The molecule has 1 N–H and O–H groups in total. The molecule has 0 unspecified atom stereocenters. The summed E-state index contributed by atoms with van der Waals surface area (Å²) in [4.78, 5) is 15.9. The summed E-state index contributed by atoms with van der Waals surface area (Å²) in [6, 6.07) is 7.69. The second kappa shape index (κ2) is 6.85. The number of carbonyl (C=O) groups excluding carboxylic acids is 1. The van der Waals surface area contributed by atoms with Gasteiger partial charge in [-0.05, 0) is 19.9 Å². The van der Waals surface area contributed by atoms with Crippen molar-refractivity contribution in [3.8, 4) is 0 Å². The molecular weight excluding hydrogens is 238 g/mol. The molecule has 0 aliphatic carbocycles. The zero-order valence-electron chi connectivity index (χ0n) is 11.2. The maximum Gasteiger partial charge on any atom is 0.176 e. The first-order chi connectivity index (χ1) is 9.25. The van der Waals surface area contributed by atoms with E-state index in [9.17, 15) is 4.79 Å². The van der Waals surface area contributed by atoms with Crippen molar-refractivity contribution in [2.75, 3.05) is 13.1 Å². The normalized spacial score (nSPS) is 10.6. The highest BCUT2D eigenvalue weighted by Crippen LogP contribution is 2.03. The van der Waals surface area contributed by atoms with Gasteiger partial charge in [-0.25, -0.2) is 4.98 Å². The van der Waals surface area contributed by atoms with Crippen molar-refractivity contribution < 1.29 is 4.79 Å². The van der Waals surface area contributed by atoms with Crippen LogP contribution in [0.25, 0.3) is 0 Å². The Morgan fingerprint density at radius 2 is 2.11 bits per heavy atom. The summed E-state index contributed by atoms with van der Waals surface area (Å²) in [5.74, 6) is 0.141. The van der Waals surface area contributed by atoms with Gasteiger partial charge in [0, 0.05) is 24.5 Å². The average Bonchev–Trinajstić information content (AvgIpc) is 2.92. The van der Waals surface area contributed by atoms with Crippen LogP contribution in [0.5, 0.6) is 0 Å². The molecule has 19 heavy (non-hydrogen) atoms. The van der Waals surface area contributed by atoms with E-state index in [-0.39, 0.29) is 5.78 Å². The topological polar surface area (TPSA) is 46.9 Å². The molecular formula is C15H19N3O. The number of carbonyl (C=O) groups is 1. The molecule has 0 aliphatic rings. The molecule has 0 saturated heterocycles. The van der Waals surface area contributed by atoms with Crippen LogP contribution in [0.4, 0.5) is 0 Å². The van der Waals surface area contributed by atoms with Gasteiger partial charge in [0.05, 0.1) is 12.9 Å². The second-order valence-corrected chi connectivity index (χ2v) is 4.62. The second-order valence-electron chi connectivity index (χ2n) is 4.62. The van der Waals surface area contributed by atoms with Crippen LogP contribution in [0.3, 0.4) is 0 Å². The maximum atomic E-state index is 11.9. The zero-order chi connectivity index (χ0) is 13.5. The predicted molar refractivity (Wildman–Crippen MR) is 75.2 cm³/mol. The average molecular weight is 257 g/mol. The van der Waals surface area contributed by atoms with Gasteiger partial charge in [0.15, 0.2) is 5.78 Å². The highest BCUT2D eigenvalue weighted by molar-refractivity contribution is 5.97. The van der Waals surface area contributed by atoms with E-state index >= 15 is 0 Å². The van der Waals surface area contributed by atoms with E-state index in [1.807, 2.05) is 42.0 Å². The lowest BCUT2D eigenvalue weighted by Crippen LogP contribution is -2.24. The van der Waals surface area contributed by atoms with E-state index in [1.54, 1.807) is 12.5 Å². The van der Waals surface area contributed by atoms with Crippen LogP contribution < -0.4 is 5.32 Å². The fraction of sp³-hybridized carbons (Fsp3) is 0.333. The summed E-state index contributed by atoms with van der Waals surface area (Å²) in [7, 11) is 0. The number of hydrogen-bond acceptors (Lipinski definition) is 3. The fourth-order valence-corrected chi connectivity index (χ4v) is 1.85. The Bertz CT molecular complexity index is 503. The Morgan fingerprint density at radius 3 is 2.79 bits per heavy atom. The van der Waals surface area contributed by atoms with Crippen molar-refractivity contribution in [2.45, 2.75) is 19.9 Å². The highest BCUT2D eigenvalue weighted by atomic mass is 16.1. The van der Waals surface area contributed by atoms with Crippen molar-refractivity contribution >= 4 is 5.78 Å². The summed E-state index contributed by atoms with van der Waals surface area (Å²) >= 11 is 0. The van der Waals surface area contributed by atoms with Gasteiger partial charge in [-0.1, -0.05) is 29.8 Å². The van der Waals surface area contributed by atoms with Gasteiger partial charge in [0.25, 0.3) is 0 Å². The first-order valence-electron chi connectivity index (χ1n) is 6.52. The first kappa shape index (κ1) is 13.5. The van der Waals surface area contributed by atoms with Gasteiger partial charge in [-0.15, -0.1) is 0 Å². The molecule has 1 heterocycles. The van der Waals surface area contributed by atoms with Gasteiger partial charge in [0.1, 0.15) is 0 Å². The van der Waals surface area contributed by atoms with Crippen molar-refractivity contribution in [3.63, 3.8) is 0 Å². The quantitative estimate of drug-likeness (QED) is 0.610. The van der Waals surface area contributed by atoms with E-state index < -0.39 is 0 Å². The van der Waals surface area contributed by atoms with E-state index in [0.29, 0.717) is 6.54 Å². The molecule has 0 saturated carbocycles. The summed E-state index contributed by atoms with van der Waals surface area (Å²) in [5.41, 5.74) is 1.94. The minimum absolute atomic E-state index is 0.141. The zero-order valence-corrected chi connectivity index (χ0v) is 11.2. The molecule has 0 spiro atoms.